The van der Waals surface area contributed by atoms with E-state index in [2.05, 4.69) is 5.32 Å². The molecule has 1 heterocycles. The highest BCUT2D eigenvalue weighted by Gasteiger charge is 2.15. The summed E-state index contributed by atoms with van der Waals surface area (Å²) >= 11 is 0. The fourth-order valence-corrected chi connectivity index (χ4v) is 3.43. The number of fused-ring (bicyclic) bond motifs is 1. The lowest BCUT2D eigenvalue weighted by Crippen LogP contribution is -2.26. The average molecular weight is 476 g/mol. The van der Waals surface area contributed by atoms with Gasteiger partial charge in [-0.15, -0.1) is 0 Å². The molecule has 9 heteroatoms. The molecule has 0 radical (unpaired) electrons. The zero-order chi connectivity index (χ0) is 24.6. The van der Waals surface area contributed by atoms with Gasteiger partial charge in [0.15, 0.2) is 0 Å². The first-order valence-electron chi connectivity index (χ1n) is 11.0. The number of hydrogen-bond donors (Lipinski definition) is 3. The fraction of sp³-hybridized carbons (Fsp3) is 0.154. The number of anilines is 3. The molecule has 0 saturated carbocycles. The Morgan fingerprint density at radius 2 is 1.83 bits per heavy atom. The third kappa shape index (κ3) is 5.71. The summed E-state index contributed by atoms with van der Waals surface area (Å²) in [6.45, 7) is 0.499. The molecule has 0 aliphatic rings. The van der Waals surface area contributed by atoms with E-state index in [1.54, 1.807) is 72.8 Å². The first-order valence-corrected chi connectivity index (χ1v) is 11.0. The lowest BCUT2D eigenvalue weighted by Gasteiger charge is -2.14. The molecule has 0 aliphatic carbocycles. The number of carbonyl (C=O) groups excluding carboxylic acids is 2. The maximum absolute atomic E-state index is 12.4. The second-order valence-electron chi connectivity index (χ2n) is 7.54. The van der Waals surface area contributed by atoms with Crippen LogP contribution in [0.25, 0.3) is 11.0 Å². The van der Waals surface area contributed by atoms with Crippen molar-refractivity contribution in [1.82, 2.24) is 0 Å². The first kappa shape index (κ1) is 23.7. The monoisotopic (exact) mass is 475 g/mol. The van der Waals surface area contributed by atoms with Crippen molar-refractivity contribution in [2.75, 3.05) is 42.3 Å². The van der Waals surface area contributed by atoms with Crippen LogP contribution >= 0.6 is 0 Å². The SMILES string of the molecule is Nc1ccccc1NC(=O)c1ccc(OCCN(C=O)c2cc3c(OCCO)cccc3o2)cc1. The Morgan fingerprint density at radius 3 is 2.57 bits per heavy atom. The number of rotatable bonds is 11. The van der Waals surface area contributed by atoms with E-state index in [0.29, 0.717) is 51.7 Å². The van der Waals surface area contributed by atoms with Gasteiger partial charge in [0.05, 0.1) is 29.9 Å². The lowest BCUT2D eigenvalue weighted by atomic mass is 10.2. The van der Waals surface area contributed by atoms with Gasteiger partial charge in [-0.3, -0.25) is 14.5 Å². The molecule has 0 fully saturated rings. The van der Waals surface area contributed by atoms with E-state index < -0.39 is 0 Å². The Hall–Kier alpha value is -4.50. The van der Waals surface area contributed by atoms with Crippen molar-refractivity contribution in [3.8, 4) is 11.5 Å². The van der Waals surface area contributed by atoms with Crippen molar-refractivity contribution < 1.29 is 28.6 Å². The number of nitrogen functional groups attached to an aromatic ring is 1. The number of furan rings is 1. The van der Waals surface area contributed by atoms with Gasteiger partial charge in [0.1, 0.15) is 30.3 Å². The molecular weight excluding hydrogens is 450 g/mol. The second kappa shape index (κ2) is 11.1. The van der Waals surface area contributed by atoms with Crippen LogP contribution in [0.15, 0.2) is 77.2 Å². The molecule has 0 unspecified atom stereocenters. The standard InChI is InChI=1S/C26H25N3O6/c27-21-4-1-2-5-22(21)28-26(32)18-8-10-19(11-9-18)33-14-12-29(17-31)25-16-20-23(34-15-13-30)6-3-7-24(20)35-25/h1-11,16-17,30H,12-15,27H2,(H,28,32). The Bertz CT molecular complexity index is 1300. The average Bonchev–Trinajstić information content (AvgIpc) is 3.32. The molecule has 0 saturated heterocycles. The molecular formula is C26H25N3O6. The third-order valence-corrected chi connectivity index (χ3v) is 5.19. The number of aliphatic hydroxyl groups is 1. The van der Waals surface area contributed by atoms with Gasteiger partial charge in [0.25, 0.3) is 5.91 Å². The van der Waals surface area contributed by atoms with Gasteiger partial charge in [0, 0.05) is 11.6 Å². The second-order valence-corrected chi connectivity index (χ2v) is 7.54. The molecule has 1 aromatic heterocycles. The number of amides is 2. The number of nitrogens with two attached hydrogens (primary N) is 1. The van der Waals surface area contributed by atoms with Crippen LogP contribution < -0.4 is 25.4 Å². The van der Waals surface area contributed by atoms with Gasteiger partial charge in [-0.1, -0.05) is 18.2 Å². The minimum atomic E-state index is -0.284. The lowest BCUT2D eigenvalue weighted by molar-refractivity contribution is -0.107. The summed E-state index contributed by atoms with van der Waals surface area (Å²) in [5.41, 5.74) is 7.92. The van der Waals surface area contributed by atoms with Crippen LogP contribution in [0.3, 0.4) is 0 Å². The van der Waals surface area contributed by atoms with Crippen LogP contribution in [0.5, 0.6) is 11.5 Å². The molecule has 0 aliphatic heterocycles. The maximum atomic E-state index is 12.4. The van der Waals surface area contributed by atoms with Gasteiger partial charge >= 0.3 is 0 Å². The summed E-state index contributed by atoms with van der Waals surface area (Å²) < 4.78 is 17.0. The van der Waals surface area contributed by atoms with Gasteiger partial charge in [-0.2, -0.15) is 0 Å². The Kier molecular flexibility index (Phi) is 7.49. The van der Waals surface area contributed by atoms with Crippen LogP contribution in [0, 0.1) is 0 Å². The van der Waals surface area contributed by atoms with Crippen molar-refractivity contribution in [2.45, 2.75) is 0 Å². The molecule has 4 N–H and O–H groups in total. The zero-order valence-corrected chi connectivity index (χ0v) is 18.8. The quantitative estimate of drug-likeness (QED) is 0.223. The van der Waals surface area contributed by atoms with E-state index in [0.717, 1.165) is 0 Å². The predicted molar refractivity (Wildman–Crippen MR) is 133 cm³/mol. The minimum Gasteiger partial charge on any atom is -0.492 e. The fourth-order valence-electron chi connectivity index (χ4n) is 3.43. The molecule has 9 nitrogen and oxygen atoms in total. The number of carbonyl (C=O) groups is 2. The number of benzene rings is 3. The van der Waals surface area contributed by atoms with Gasteiger partial charge in [-0.25, -0.2) is 0 Å². The minimum absolute atomic E-state index is 0.105. The van der Waals surface area contributed by atoms with E-state index >= 15 is 0 Å². The largest absolute Gasteiger partial charge is 0.492 e. The number of aliphatic hydroxyl groups excluding tert-OH is 1. The number of para-hydroxylation sites is 2. The summed E-state index contributed by atoms with van der Waals surface area (Å²) in [5, 5.41) is 12.5. The number of ether oxygens (including phenoxy) is 2. The van der Waals surface area contributed by atoms with Gasteiger partial charge < -0.3 is 30.0 Å². The Labute approximate surface area is 201 Å². The van der Waals surface area contributed by atoms with E-state index in [1.165, 1.54) is 4.90 Å². The van der Waals surface area contributed by atoms with E-state index in [9.17, 15) is 9.59 Å². The first-order chi connectivity index (χ1) is 17.1. The molecule has 0 atom stereocenters. The molecule has 2 amide bonds. The number of hydrogen-bond acceptors (Lipinski definition) is 7. The smallest absolute Gasteiger partial charge is 0.255 e. The van der Waals surface area contributed by atoms with Crippen molar-refractivity contribution in [1.29, 1.82) is 0 Å². The molecule has 0 bridgehead atoms. The summed E-state index contributed by atoms with van der Waals surface area (Å²) in [6, 6.07) is 20.7. The highest BCUT2D eigenvalue weighted by molar-refractivity contribution is 6.05. The van der Waals surface area contributed by atoms with Crippen LogP contribution in [0.1, 0.15) is 10.4 Å². The third-order valence-electron chi connectivity index (χ3n) is 5.19. The topological polar surface area (TPSA) is 127 Å². The summed E-state index contributed by atoms with van der Waals surface area (Å²) in [4.78, 5) is 25.5. The van der Waals surface area contributed by atoms with Gasteiger partial charge in [-0.05, 0) is 48.5 Å². The molecule has 4 aromatic rings. The predicted octanol–water partition coefficient (Wildman–Crippen LogP) is 3.68. The number of nitrogens with one attached hydrogen (secondary N) is 1. The Balaban J connectivity index is 1.34. The van der Waals surface area contributed by atoms with E-state index in [-0.39, 0.29) is 32.3 Å². The van der Waals surface area contributed by atoms with E-state index in [4.69, 9.17) is 24.7 Å². The normalized spacial score (nSPS) is 10.7. The van der Waals surface area contributed by atoms with Crippen molar-refractivity contribution in [3.63, 3.8) is 0 Å². The van der Waals surface area contributed by atoms with Crippen LogP contribution in [-0.2, 0) is 4.79 Å². The zero-order valence-electron chi connectivity index (χ0n) is 18.8. The molecule has 0 spiro atoms. The van der Waals surface area contributed by atoms with E-state index in [1.807, 2.05) is 0 Å². The highest BCUT2D eigenvalue weighted by Crippen LogP contribution is 2.32. The number of nitrogens with zero attached hydrogens (tertiary/aromatic N) is 1. The van der Waals surface area contributed by atoms with Crippen LogP contribution in [0.2, 0.25) is 0 Å². The van der Waals surface area contributed by atoms with Crippen molar-refractivity contribution in [2.24, 2.45) is 0 Å². The highest BCUT2D eigenvalue weighted by atomic mass is 16.5. The molecule has 3 aromatic carbocycles. The summed E-state index contributed by atoms with van der Waals surface area (Å²) in [6.07, 6.45) is 0.665. The van der Waals surface area contributed by atoms with Crippen LogP contribution in [0.4, 0.5) is 17.3 Å². The summed E-state index contributed by atoms with van der Waals surface area (Å²) in [5.74, 6) is 1.18. The maximum Gasteiger partial charge on any atom is 0.255 e. The molecule has 35 heavy (non-hydrogen) atoms. The molecule has 4 rings (SSSR count). The molecule has 180 valence electrons. The summed E-state index contributed by atoms with van der Waals surface area (Å²) in [7, 11) is 0. The van der Waals surface area contributed by atoms with Crippen LogP contribution in [-0.4, -0.2) is 43.8 Å². The Morgan fingerprint density at radius 1 is 1.03 bits per heavy atom. The van der Waals surface area contributed by atoms with Crippen molar-refractivity contribution in [3.05, 3.63) is 78.4 Å². The van der Waals surface area contributed by atoms with Gasteiger partial charge in [0.2, 0.25) is 12.3 Å². The van der Waals surface area contributed by atoms with Crippen molar-refractivity contribution >= 4 is 40.5 Å².